The molecule has 0 atom stereocenters. The summed E-state index contributed by atoms with van der Waals surface area (Å²) in [4.78, 5) is 4.26. The second-order valence-corrected chi connectivity index (χ2v) is 3.95. The number of nitrogens with zero attached hydrogens (tertiary/aromatic N) is 1. The zero-order valence-corrected chi connectivity index (χ0v) is 8.60. The summed E-state index contributed by atoms with van der Waals surface area (Å²) in [6.07, 6.45) is 1.80. The normalized spacial score (nSPS) is 10.1. The van der Waals surface area contributed by atoms with Crippen molar-refractivity contribution in [1.29, 1.82) is 0 Å². The maximum Gasteiger partial charge on any atom is 0.0721 e. The molecule has 2 rings (SSSR count). The van der Waals surface area contributed by atoms with Gasteiger partial charge in [-0.2, -0.15) is 11.3 Å². The first-order valence-electron chi connectivity index (χ1n) is 3.51. The Morgan fingerprint density at radius 3 is 2.75 bits per heavy atom. The van der Waals surface area contributed by atoms with Crippen LogP contribution in [0.15, 0.2) is 39.6 Å². The third kappa shape index (κ3) is 1.42. The van der Waals surface area contributed by atoms with Crippen LogP contribution >= 0.6 is 27.3 Å². The predicted octanol–water partition coefficient (Wildman–Crippen LogP) is 3.57. The minimum atomic E-state index is 1.02. The van der Waals surface area contributed by atoms with Crippen molar-refractivity contribution in [3.8, 4) is 11.3 Å². The number of thiophene rings is 1. The molecule has 2 aromatic rings. The lowest BCUT2D eigenvalue weighted by molar-refractivity contribution is 1.33. The highest BCUT2D eigenvalue weighted by Gasteiger charge is 2.03. The number of aromatic nitrogens is 1. The first-order chi connectivity index (χ1) is 5.88. The van der Waals surface area contributed by atoms with Crippen LogP contribution in [0.2, 0.25) is 0 Å². The Morgan fingerprint density at radius 1 is 1.25 bits per heavy atom. The summed E-state index contributed by atoms with van der Waals surface area (Å²) in [6, 6.07) is 5.92. The van der Waals surface area contributed by atoms with Crippen molar-refractivity contribution in [2.24, 2.45) is 0 Å². The van der Waals surface area contributed by atoms with Gasteiger partial charge < -0.3 is 0 Å². The molecule has 0 saturated carbocycles. The highest BCUT2D eigenvalue weighted by molar-refractivity contribution is 9.10. The van der Waals surface area contributed by atoms with Crippen molar-refractivity contribution in [1.82, 2.24) is 4.98 Å². The molecule has 0 aliphatic heterocycles. The van der Waals surface area contributed by atoms with Crippen LogP contribution in [0.5, 0.6) is 0 Å². The van der Waals surface area contributed by atoms with Gasteiger partial charge in [0, 0.05) is 27.0 Å². The topological polar surface area (TPSA) is 12.9 Å². The molecule has 2 heterocycles. The molecule has 3 heteroatoms. The Hall–Kier alpha value is -0.670. The number of hydrogen-bond acceptors (Lipinski definition) is 2. The Bertz CT molecular complexity index is 369. The minimum absolute atomic E-state index is 1.02. The molecular formula is C9H6BrNS. The van der Waals surface area contributed by atoms with E-state index >= 15 is 0 Å². The molecule has 0 spiro atoms. The van der Waals surface area contributed by atoms with Gasteiger partial charge in [0.25, 0.3) is 0 Å². The molecule has 0 bridgehead atoms. The smallest absolute Gasteiger partial charge is 0.0721 e. The van der Waals surface area contributed by atoms with Gasteiger partial charge in [-0.3, -0.25) is 4.98 Å². The number of halogens is 1. The molecule has 0 amide bonds. The number of rotatable bonds is 1. The molecule has 0 N–H and O–H groups in total. The fourth-order valence-corrected chi connectivity index (χ4v) is 2.48. The second-order valence-electron chi connectivity index (χ2n) is 2.35. The lowest BCUT2D eigenvalue weighted by Crippen LogP contribution is -1.78. The van der Waals surface area contributed by atoms with Crippen LogP contribution < -0.4 is 0 Å². The molecule has 1 nitrogen and oxygen atoms in total. The zero-order chi connectivity index (χ0) is 8.39. The average Bonchev–Trinajstić information content (AvgIpc) is 2.53. The minimum Gasteiger partial charge on any atom is -0.256 e. The van der Waals surface area contributed by atoms with Gasteiger partial charge in [-0.1, -0.05) is 6.07 Å². The van der Waals surface area contributed by atoms with E-state index in [1.807, 2.05) is 18.2 Å². The van der Waals surface area contributed by atoms with E-state index in [0.29, 0.717) is 0 Å². The van der Waals surface area contributed by atoms with Crippen molar-refractivity contribution in [2.45, 2.75) is 0 Å². The van der Waals surface area contributed by atoms with Crippen LogP contribution in [0.1, 0.15) is 0 Å². The number of hydrogen-bond donors (Lipinski definition) is 0. The third-order valence-electron chi connectivity index (χ3n) is 1.56. The summed E-state index contributed by atoms with van der Waals surface area (Å²) < 4.78 is 1.12. The fourth-order valence-electron chi connectivity index (χ4n) is 0.986. The third-order valence-corrected chi connectivity index (χ3v) is 3.26. The number of pyridine rings is 1. The Morgan fingerprint density at radius 2 is 2.17 bits per heavy atom. The summed E-state index contributed by atoms with van der Waals surface area (Å²) in [6.45, 7) is 0. The van der Waals surface area contributed by atoms with Gasteiger partial charge in [0.15, 0.2) is 0 Å². The lowest BCUT2D eigenvalue weighted by atomic mass is 10.2. The van der Waals surface area contributed by atoms with Crippen molar-refractivity contribution < 1.29 is 0 Å². The molecule has 0 saturated heterocycles. The van der Waals surface area contributed by atoms with E-state index in [1.165, 1.54) is 5.56 Å². The molecule has 0 aliphatic rings. The quantitative estimate of drug-likeness (QED) is 0.742. The fraction of sp³-hybridized carbons (Fsp3) is 0. The average molecular weight is 240 g/mol. The van der Waals surface area contributed by atoms with E-state index in [0.717, 1.165) is 10.2 Å². The van der Waals surface area contributed by atoms with Gasteiger partial charge >= 0.3 is 0 Å². The first-order valence-corrected chi connectivity index (χ1v) is 5.24. The molecule has 12 heavy (non-hydrogen) atoms. The van der Waals surface area contributed by atoms with Crippen molar-refractivity contribution in [3.05, 3.63) is 39.6 Å². The summed E-state index contributed by atoms with van der Waals surface area (Å²) in [5.74, 6) is 0. The van der Waals surface area contributed by atoms with Crippen molar-refractivity contribution >= 4 is 27.3 Å². The molecule has 2 aromatic heterocycles. The molecule has 60 valence electrons. The molecule has 0 radical (unpaired) electrons. The maximum absolute atomic E-state index is 4.26. The van der Waals surface area contributed by atoms with Gasteiger partial charge in [-0.15, -0.1) is 0 Å². The van der Waals surface area contributed by atoms with E-state index in [4.69, 9.17) is 0 Å². The van der Waals surface area contributed by atoms with E-state index in [2.05, 4.69) is 31.7 Å². The Balaban J connectivity index is 2.51. The second kappa shape index (κ2) is 3.37. The van der Waals surface area contributed by atoms with Gasteiger partial charge in [-0.25, -0.2) is 0 Å². The van der Waals surface area contributed by atoms with Gasteiger partial charge in [0.1, 0.15) is 0 Å². The maximum atomic E-state index is 4.26. The van der Waals surface area contributed by atoms with Crippen LogP contribution in [0.25, 0.3) is 11.3 Å². The summed E-state index contributed by atoms with van der Waals surface area (Å²) in [5, 5.41) is 4.15. The Labute approximate surface area is 83.2 Å². The van der Waals surface area contributed by atoms with Crippen LogP contribution in [-0.2, 0) is 0 Å². The monoisotopic (exact) mass is 239 g/mol. The molecular weight excluding hydrogens is 234 g/mol. The van der Waals surface area contributed by atoms with Crippen LogP contribution in [-0.4, -0.2) is 4.98 Å². The summed E-state index contributed by atoms with van der Waals surface area (Å²) in [7, 11) is 0. The highest BCUT2D eigenvalue weighted by Crippen LogP contribution is 2.29. The SMILES string of the molecule is Brc1cscc1-c1ccccn1. The first kappa shape index (κ1) is 7.95. The zero-order valence-electron chi connectivity index (χ0n) is 6.20. The van der Waals surface area contributed by atoms with Gasteiger partial charge in [0.2, 0.25) is 0 Å². The van der Waals surface area contributed by atoms with Gasteiger partial charge in [0.05, 0.1) is 5.69 Å². The van der Waals surface area contributed by atoms with Gasteiger partial charge in [-0.05, 0) is 28.1 Å². The van der Waals surface area contributed by atoms with E-state index < -0.39 is 0 Å². The van der Waals surface area contributed by atoms with E-state index in [-0.39, 0.29) is 0 Å². The van der Waals surface area contributed by atoms with E-state index in [1.54, 1.807) is 17.5 Å². The van der Waals surface area contributed by atoms with Crippen LogP contribution in [0, 0.1) is 0 Å². The predicted molar refractivity (Wildman–Crippen MR) is 55.3 cm³/mol. The molecule has 0 aliphatic carbocycles. The summed E-state index contributed by atoms with van der Waals surface area (Å²) >= 11 is 5.15. The highest BCUT2D eigenvalue weighted by atomic mass is 79.9. The molecule has 0 fully saturated rings. The van der Waals surface area contributed by atoms with Crippen molar-refractivity contribution in [2.75, 3.05) is 0 Å². The van der Waals surface area contributed by atoms with Crippen LogP contribution in [0.4, 0.5) is 0 Å². The largest absolute Gasteiger partial charge is 0.256 e. The van der Waals surface area contributed by atoms with Crippen LogP contribution in [0.3, 0.4) is 0 Å². The Kier molecular flexibility index (Phi) is 2.23. The molecule has 0 aromatic carbocycles. The lowest BCUT2D eigenvalue weighted by Gasteiger charge is -1.95. The summed E-state index contributed by atoms with van der Waals surface area (Å²) in [5.41, 5.74) is 2.19. The standard InChI is InChI=1S/C9H6BrNS/c10-8-6-12-5-7(8)9-3-1-2-4-11-9/h1-6H. The van der Waals surface area contributed by atoms with Crippen molar-refractivity contribution in [3.63, 3.8) is 0 Å². The molecule has 0 unspecified atom stereocenters. The van der Waals surface area contributed by atoms with E-state index in [9.17, 15) is 0 Å².